The SMILES string of the molecule is CNC(=O)N1C[C@H]2CCCC(=O)N(Cc3cccc(F)c3)[C@H]2C1. The number of halogens is 1. The lowest BCUT2D eigenvalue weighted by Gasteiger charge is -2.30. The van der Waals surface area contributed by atoms with Crippen molar-refractivity contribution < 1.29 is 14.0 Å². The maximum atomic E-state index is 13.4. The largest absolute Gasteiger partial charge is 0.341 e. The summed E-state index contributed by atoms with van der Waals surface area (Å²) in [7, 11) is 1.62. The van der Waals surface area contributed by atoms with E-state index in [0.29, 0.717) is 32.0 Å². The zero-order valence-electron chi connectivity index (χ0n) is 13.3. The van der Waals surface area contributed by atoms with Gasteiger partial charge in [0.1, 0.15) is 5.82 Å². The third kappa shape index (κ3) is 3.30. The van der Waals surface area contributed by atoms with Crippen LogP contribution in [0.4, 0.5) is 9.18 Å². The molecular weight excluding hydrogens is 297 g/mol. The fourth-order valence-electron chi connectivity index (χ4n) is 3.70. The van der Waals surface area contributed by atoms with Crippen LogP contribution in [-0.2, 0) is 11.3 Å². The van der Waals surface area contributed by atoms with Gasteiger partial charge in [-0.1, -0.05) is 12.1 Å². The Morgan fingerprint density at radius 2 is 2.22 bits per heavy atom. The molecule has 124 valence electrons. The number of carbonyl (C=O) groups excluding carboxylic acids is 2. The van der Waals surface area contributed by atoms with E-state index in [1.807, 2.05) is 11.0 Å². The highest BCUT2D eigenvalue weighted by molar-refractivity contribution is 5.78. The number of hydrogen-bond acceptors (Lipinski definition) is 2. The molecule has 0 aliphatic carbocycles. The summed E-state index contributed by atoms with van der Waals surface area (Å²) in [6.07, 6.45) is 2.33. The van der Waals surface area contributed by atoms with E-state index in [9.17, 15) is 14.0 Å². The minimum atomic E-state index is -0.292. The second-order valence-corrected chi connectivity index (χ2v) is 6.33. The number of nitrogens with zero attached hydrogens (tertiary/aromatic N) is 2. The van der Waals surface area contributed by atoms with E-state index in [2.05, 4.69) is 5.32 Å². The first-order valence-corrected chi connectivity index (χ1v) is 8.09. The van der Waals surface area contributed by atoms with Crippen LogP contribution in [0, 0.1) is 11.7 Å². The maximum Gasteiger partial charge on any atom is 0.317 e. The molecule has 2 saturated heterocycles. The van der Waals surface area contributed by atoms with Gasteiger partial charge in [-0.3, -0.25) is 4.79 Å². The maximum absolute atomic E-state index is 13.4. The Bertz CT molecular complexity index is 607. The fourth-order valence-corrected chi connectivity index (χ4v) is 3.70. The Morgan fingerprint density at radius 3 is 2.96 bits per heavy atom. The lowest BCUT2D eigenvalue weighted by molar-refractivity contribution is -0.133. The van der Waals surface area contributed by atoms with E-state index < -0.39 is 0 Å². The molecule has 5 nitrogen and oxygen atoms in total. The number of fused-ring (bicyclic) bond motifs is 1. The number of hydrogen-bond donors (Lipinski definition) is 1. The standard InChI is InChI=1S/C17H22FN3O2/c1-19-17(23)20-10-13-5-3-7-16(22)21(15(13)11-20)9-12-4-2-6-14(18)8-12/h2,4,6,8,13,15H,3,5,7,9-11H2,1H3,(H,19,23)/t13-,15+/m1/s1. The Labute approximate surface area is 135 Å². The van der Waals surface area contributed by atoms with E-state index in [4.69, 9.17) is 0 Å². The number of likely N-dealkylation sites (tertiary alicyclic amines) is 2. The fraction of sp³-hybridized carbons (Fsp3) is 0.529. The number of benzene rings is 1. The molecule has 0 radical (unpaired) electrons. The van der Waals surface area contributed by atoms with Crippen molar-refractivity contribution in [2.45, 2.75) is 31.8 Å². The molecule has 2 heterocycles. The van der Waals surface area contributed by atoms with Gasteiger partial charge in [-0.05, 0) is 36.5 Å². The van der Waals surface area contributed by atoms with Gasteiger partial charge in [-0.25, -0.2) is 9.18 Å². The van der Waals surface area contributed by atoms with Crippen molar-refractivity contribution in [1.82, 2.24) is 15.1 Å². The third-order valence-corrected chi connectivity index (χ3v) is 4.84. The van der Waals surface area contributed by atoms with E-state index in [1.165, 1.54) is 12.1 Å². The molecule has 0 unspecified atom stereocenters. The van der Waals surface area contributed by atoms with Gasteiger partial charge >= 0.3 is 6.03 Å². The average Bonchev–Trinajstić information content (AvgIpc) is 2.90. The summed E-state index contributed by atoms with van der Waals surface area (Å²) >= 11 is 0. The van der Waals surface area contributed by atoms with Crippen LogP contribution in [0.25, 0.3) is 0 Å². The second-order valence-electron chi connectivity index (χ2n) is 6.33. The highest BCUT2D eigenvalue weighted by atomic mass is 19.1. The van der Waals surface area contributed by atoms with Crippen LogP contribution < -0.4 is 5.32 Å². The highest BCUT2D eigenvalue weighted by Crippen LogP contribution is 2.31. The summed E-state index contributed by atoms with van der Waals surface area (Å²) in [6.45, 7) is 1.63. The van der Waals surface area contributed by atoms with Crippen LogP contribution in [0.2, 0.25) is 0 Å². The van der Waals surface area contributed by atoms with E-state index >= 15 is 0 Å². The number of amides is 3. The van der Waals surface area contributed by atoms with Crippen LogP contribution in [0.3, 0.4) is 0 Å². The molecule has 0 spiro atoms. The average molecular weight is 319 g/mol. The first-order valence-electron chi connectivity index (χ1n) is 8.09. The summed E-state index contributed by atoms with van der Waals surface area (Å²) < 4.78 is 13.4. The third-order valence-electron chi connectivity index (χ3n) is 4.84. The van der Waals surface area contributed by atoms with Gasteiger partial charge in [0.05, 0.1) is 6.04 Å². The Hall–Kier alpha value is -2.11. The lowest BCUT2D eigenvalue weighted by Crippen LogP contribution is -2.44. The van der Waals surface area contributed by atoms with Crippen LogP contribution in [0.5, 0.6) is 0 Å². The summed E-state index contributed by atoms with van der Waals surface area (Å²) in [5.41, 5.74) is 0.789. The van der Waals surface area contributed by atoms with Gasteiger partial charge < -0.3 is 15.1 Å². The number of rotatable bonds is 2. The van der Waals surface area contributed by atoms with E-state index in [1.54, 1.807) is 18.0 Å². The van der Waals surface area contributed by atoms with E-state index in [0.717, 1.165) is 18.4 Å². The molecule has 1 aromatic rings. The molecule has 0 aromatic heterocycles. The number of nitrogens with one attached hydrogen (secondary N) is 1. The minimum absolute atomic E-state index is 0.0190. The predicted octanol–water partition coefficient (Wildman–Crippen LogP) is 1.98. The van der Waals surface area contributed by atoms with Gasteiger partial charge in [0.15, 0.2) is 0 Å². The highest BCUT2D eigenvalue weighted by Gasteiger charge is 2.41. The molecule has 0 saturated carbocycles. The second kappa shape index (κ2) is 6.56. The van der Waals surface area contributed by atoms with Gasteiger partial charge in [0.25, 0.3) is 0 Å². The van der Waals surface area contributed by atoms with Crippen molar-refractivity contribution in [2.24, 2.45) is 5.92 Å². The molecule has 3 rings (SSSR count). The molecule has 2 fully saturated rings. The lowest BCUT2D eigenvalue weighted by atomic mass is 9.98. The van der Waals surface area contributed by atoms with Gasteiger partial charge in [0.2, 0.25) is 5.91 Å². The van der Waals surface area contributed by atoms with Crippen LogP contribution >= 0.6 is 0 Å². The summed E-state index contributed by atoms with van der Waals surface area (Å²) in [4.78, 5) is 28.0. The predicted molar refractivity (Wildman–Crippen MR) is 84.1 cm³/mol. The molecule has 23 heavy (non-hydrogen) atoms. The van der Waals surface area contributed by atoms with Crippen molar-refractivity contribution in [1.29, 1.82) is 0 Å². The van der Waals surface area contributed by atoms with Crippen LogP contribution in [-0.4, -0.2) is 47.9 Å². The van der Waals surface area contributed by atoms with Crippen LogP contribution in [0.1, 0.15) is 24.8 Å². The van der Waals surface area contributed by atoms with Crippen molar-refractivity contribution in [3.05, 3.63) is 35.6 Å². The monoisotopic (exact) mass is 319 g/mol. The smallest absolute Gasteiger partial charge is 0.317 e. The Balaban J connectivity index is 1.81. The number of urea groups is 1. The Morgan fingerprint density at radius 1 is 1.39 bits per heavy atom. The van der Waals surface area contributed by atoms with Crippen LogP contribution in [0.15, 0.2) is 24.3 Å². The quantitative estimate of drug-likeness (QED) is 0.906. The molecule has 2 aliphatic rings. The normalized spacial score (nSPS) is 24.3. The molecule has 2 atom stereocenters. The summed E-state index contributed by atoms with van der Waals surface area (Å²) in [6, 6.07) is 6.29. The first kappa shape index (κ1) is 15.8. The van der Waals surface area contributed by atoms with Gasteiger partial charge in [0, 0.05) is 33.1 Å². The summed E-state index contributed by atoms with van der Waals surface area (Å²) in [5, 5.41) is 2.65. The van der Waals surface area contributed by atoms with Crippen molar-refractivity contribution in [3.8, 4) is 0 Å². The number of carbonyl (C=O) groups is 2. The minimum Gasteiger partial charge on any atom is -0.341 e. The first-order chi connectivity index (χ1) is 11.1. The molecule has 3 amide bonds. The zero-order valence-corrected chi connectivity index (χ0v) is 13.3. The molecule has 1 aromatic carbocycles. The van der Waals surface area contributed by atoms with Gasteiger partial charge in [-0.15, -0.1) is 0 Å². The molecular formula is C17H22FN3O2. The van der Waals surface area contributed by atoms with Crippen molar-refractivity contribution in [2.75, 3.05) is 20.1 Å². The molecule has 1 N–H and O–H groups in total. The Kier molecular flexibility index (Phi) is 4.50. The summed E-state index contributed by atoms with van der Waals surface area (Å²) in [5.74, 6) is 0.104. The van der Waals surface area contributed by atoms with Crippen molar-refractivity contribution in [3.63, 3.8) is 0 Å². The van der Waals surface area contributed by atoms with Gasteiger partial charge in [-0.2, -0.15) is 0 Å². The molecule has 2 aliphatic heterocycles. The molecule has 6 heteroatoms. The van der Waals surface area contributed by atoms with Crippen molar-refractivity contribution >= 4 is 11.9 Å². The molecule has 0 bridgehead atoms. The topological polar surface area (TPSA) is 52.7 Å². The van der Waals surface area contributed by atoms with E-state index in [-0.39, 0.29) is 23.8 Å². The zero-order chi connectivity index (χ0) is 16.4.